The van der Waals surface area contributed by atoms with E-state index in [1.807, 2.05) is 0 Å². The molecule has 2 aromatic carbocycles. The molecule has 0 unspecified atom stereocenters. The van der Waals surface area contributed by atoms with Crippen molar-refractivity contribution in [3.05, 3.63) is 111 Å². The van der Waals surface area contributed by atoms with Gasteiger partial charge in [0.15, 0.2) is 0 Å². The van der Waals surface area contributed by atoms with Crippen LogP contribution >= 0.6 is 11.6 Å². The minimum Gasteiger partial charge on any atom is -0.267 e. The quantitative estimate of drug-likeness (QED) is 0.298. The zero-order valence-corrected chi connectivity index (χ0v) is 18.6. The maximum absolute atomic E-state index is 12.5. The summed E-state index contributed by atoms with van der Waals surface area (Å²) in [5.74, 6) is -2.15. The van der Waals surface area contributed by atoms with Crippen molar-refractivity contribution in [2.75, 3.05) is 0 Å². The van der Waals surface area contributed by atoms with Gasteiger partial charge in [-0.05, 0) is 18.2 Å². The molecule has 0 aromatic heterocycles. The molecule has 0 aliphatic heterocycles. The van der Waals surface area contributed by atoms with Gasteiger partial charge in [-0.3, -0.25) is 50.0 Å². The number of rotatable bonds is 6. The summed E-state index contributed by atoms with van der Waals surface area (Å²) in [6.45, 7) is 0. The van der Waals surface area contributed by atoms with E-state index in [1.54, 1.807) is 0 Å². The molecule has 0 radical (unpaired) electrons. The van der Waals surface area contributed by atoms with Crippen molar-refractivity contribution >= 4 is 57.6 Å². The van der Waals surface area contributed by atoms with Gasteiger partial charge in [0.1, 0.15) is 0 Å². The van der Waals surface area contributed by atoms with Gasteiger partial charge in [-0.2, -0.15) is 0 Å². The van der Waals surface area contributed by atoms with E-state index in [2.05, 4.69) is 9.98 Å². The van der Waals surface area contributed by atoms with Gasteiger partial charge in [-0.25, -0.2) is 9.98 Å². The van der Waals surface area contributed by atoms with Crippen molar-refractivity contribution in [1.82, 2.24) is 0 Å². The van der Waals surface area contributed by atoms with Gasteiger partial charge >= 0.3 is 0 Å². The number of carbonyl (C=O) groups is 2. The number of nitro groups is 4. The summed E-state index contributed by atoms with van der Waals surface area (Å²) in [4.78, 5) is 72.7. The van der Waals surface area contributed by atoms with E-state index in [0.29, 0.717) is 12.1 Å². The molecule has 0 fully saturated rings. The highest BCUT2D eigenvalue weighted by Gasteiger charge is 2.22. The van der Waals surface area contributed by atoms with Gasteiger partial charge in [-0.1, -0.05) is 11.6 Å². The Labute approximate surface area is 208 Å². The van der Waals surface area contributed by atoms with E-state index >= 15 is 0 Å². The molecule has 37 heavy (non-hydrogen) atoms. The molecule has 186 valence electrons. The second-order valence-corrected chi connectivity index (χ2v) is 7.38. The van der Waals surface area contributed by atoms with E-state index in [1.165, 1.54) is 6.08 Å². The van der Waals surface area contributed by atoms with Gasteiger partial charge < -0.3 is 0 Å². The highest BCUT2D eigenvalue weighted by molar-refractivity contribution is 6.49. The summed E-state index contributed by atoms with van der Waals surface area (Å²) in [5.41, 5.74) is -3.94. The predicted octanol–water partition coefficient (Wildman–Crippen LogP) is 3.87. The molecule has 1 aliphatic rings. The number of benzene rings is 2. The topological polar surface area (TPSA) is 231 Å². The Bertz CT molecular complexity index is 1480. The fourth-order valence-corrected chi connectivity index (χ4v) is 3.09. The van der Waals surface area contributed by atoms with Crippen LogP contribution in [0.15, 0.2) is 69.6 Å². The van der Waals surface area contributed by atoms with Crippen molar-refractivity contribution in [2.45, 2.75) is 0 Å². The Morgan fingerprint density at radius 2 is 1.00 bits per heavy atom. The van der Waals surface area contributed by atoms with Crippen LogP contribution in [0.2, 0.25) is 0 Å². The minimum atomic E-state index is -1.08. The summed E-state index contributed by atoms with van der Waals surface area (Å²) < 4.78 is 0. The van der Waals surface area contributed by atoms with E-state index < -0.39 is 65.4 Å². The molecule has 2 amide bonds. The molecule has 0 spiro atoms. The maximum Gasteiger partial charge on any atom is 0.278 e. The summed E-state index contributed by atoms with van der Waals surface area (Å²) in [6.07, 6.45) is 3.42. The number of hydrogen-bond acceptors (Lipinski definition) is 10. The highest BCUT2D eigenvalue weighted by Crippen LogP contribution is 2.25. The molecule has 0 saturated carbocycles. The number of allylic oxidation sites excluding steroid dienone is 4. The number of amides is 2. The number of non-ortho nitro benzene ring substituents is 4. The minimum absolute atomic E-state index is 0.0958. The van der Waals surface area contributed by atoms with E-state index in [0.717, 1.165) is 36.4 Å². The Hall–Kier alpha value is -5.51. The number of carbonyl (C=O) groups excluding carboxylic acids is 2. The molecule has 17 heteroatoms. The maximum atomic E-state index is 12.5. The summed E-state index contributed by atoms with van der Waals surface area (Å²) in [6, 6.07) is 4.56. The number of halogens is 1. The number of hydrogen-bond donors (Lipinski definition) is 0. The van der Waals surface area contributed by atoms with Gasteiger partial charge in [0.2, 0.25) is 0 Å². The lowest BCUT2D eigenvalue weighted by Gasteiger charge is -2.06. The number of nitrogens with zero attached hydrogens (tertiary/aromatic N) is 6. The van der Waals surface area contributed by atoms with Crippen LogP contribution in [-0.4, -0.2) is 42.9 Å². The molecule has 0 N–H and O–H groups in total. The third kappa shape index (κ3) is 6.14. The Morgan fingerprint density at radius 1 is 0.622 bits per heavy atom. The third-order valence-corrected chi connectivity index (χ3v) is 4.83. The van der Waals surface area contributed by atoms with Gasteiger partial charge in [0.05, 0.1) is 59.4 Å². The second-order valence-electron chi connectivity index (χ2n) is 6.97. The zero-order valence-electron chi connectivity index (χ0n) is 17.8. The van der Waals surface area contributed by atoms with Gasteiger partial charge in [-0.15, -0.1) is 0 Å². The number of nitro benzene ring substituents is 4. The smallest absolute Gasteiger partial charge is 0.267 e. The molecule has 0 heterocycles. The van der Waals surface area contributed by atoms with Crippen LogP contribution in [0.5, 0.6) is 0 Å². The van der Waals surface area contributed by atoms with Crippen LogP contribution in [0.3, 0.4) is 0 Å². The van der Waals surface area contributed by atoms with Crippen molar-refractivity contribution in [1.29, 1.82) is 0 Å². The molecule has 1 aliphatic carbocycles. The average Bonchev–Trinajstić information content (AvgIpc) is 2.84. The number of aliphatic imine (C=N–C) groups is 2. The fourth-order valence-electron chi connectivity index (χ4n) is 2.87. The molecule has 16 nitrogen and oxygen atoms in total. The van der Waals surface area contributed by atoms with E-state index in [9.17, 15) is 50.0 Å². The molecule has 2 aromatic rings. The normalized spacial score (nSPS) is 14.8. The first kappa shape index (κ1) is 26.1. The van der Waals surface area contributed by atoms with Crippen molar-refractivity contribution in [2.24, 2.45) is 9.98 Å². The Morgan fingerprint density at radius 3 is 1.35 bits per heavy atom. The lowest BCUT2D eigenvalue weighted by Crippen LogP contribution is -2.10. The summed E-state index contributed by atoms with van der Waals surface area (Å²) in [5, 5.41) is 43.8. The zero-order chi connectivity index (χ0) is 27.4. The lowest BCUT2D eigenvalue weighted by molar-refractivity contribution is -0.394. The molecular weight excluding hydrogens is 520 g/mol. The van der Waals surface area contributed by atoms with Gasteiger partial charge in [0, 0.05) is 24.3 Å². The van der Waals surface area contributed by atoms with Crippen molar-refractivity contribution < 1.29 is 29.3 Å². The molecule has 0 atom stereocenters. The van der Waals surface area contributed by atoms with Crippen LogP contribution in [0.1, 0.15) is 20.7 Å². The van der Waals surface area contributed by atoms with Crippen LogP contribution in [-0.2, 0) is 0 Å². The van der Waals surface area contributed by atoms with Crippen LogP contribution in [0.25, 0.3) is 0 Å². The summed E-state index contributed by atoms with van der Waals surface area (Å²) in [7, 11) is 0. The van der Waals surface area contributed by atoms with Crippen molar-refractivity contribution in [3.63, 3.8) is 0 Å². The standard InChI is InChI=1S/C20H9ClN6O10/c21-17-7-12(22-19(28)10-3-13(24(30)31)8-14(4-10)25(32)33)1-2-18(17)23-20(29)11-5-15(26(34)35)9-16(6-11)27(36)37/h1-9H. The first-order valence-corrected chi connectivity index (χ1v) is 9.93. The first-order valence-electron chi connectivity index (χ1n) is 9.55. The van der Waals surface area contributed by atoms with E-state index in [-0.39, 0.29) is 16.5 Å². The lowest BCUT2D eigenvalue weighted by atomic mass is 10.1. The SMILES string of the molecule is O=C(N=C1C=CC(=NC(=O)c2cc([N+](=O)[O-])cc([N+](=O)[O-])c2)C(Cl)=C1)c1cc([N+](=O)[O-])cc([N+](=O)[O-])c1. The summed E-state index contributed by atoms with van der Waals surface area (Å²) >= 11 is 6.08. The van der Waals surface area contributed by atoms with Crippen molar-refractivity contribution in [3.8, 4) is 0 Å². The fraction of sp³-hybridized carbons (Fsp3) is 0. The van der Waals surface area contributed by atoms with Crippen LogP contribution < -0.4 is 0 Å². The molecular formula is C20H9ClN6O10. The third-order valence-electron chi connectivity index (χ3n) is 4.53. The first-order chi connectivity index (χ1) is 17.3. The predicted molar refractivity (Wildman–Crippen MR) is 126 cm³/mol. The molecule has 3 rings (SSSR count). The van der Waals surface area contributed by atoms with Crippen LogP contribution in [0, 0.1) is 40.5 Å². The highest BCUT2D eigenvalue weighted by atomic mass is 35.5. The van der Waals surface area contributed by atoms with Crippen LogP contribution in [0.4, 0.5) is 22.7 Å². The Balaban J connectivity index is 1.90. The monoisotopic (exact) mass is 528 g/mol. The largest absolute Gasteiger partial charge is 0.278 e. The molecule has 0 saturated heterocycles. The average molecular weight is 529 g/mol. The molecule has 0 bridgehead atoms. The Kier molecular flexibility index (Phi) is 7.34. The van der Waals surface area contributed by atoms with E-state index in [4.69, 9.17) is 11.6 Å². The second kappa shape index (κ2) is 10.4. The van der Waals surface area contributed by atoms with Gasteiger partial charge in [0.25, 0.3) is 34.6 Å².